The zero-order valence-electron chi connectivity index (χ0n) is 35.6. The standard InChI is InChI=1S/C43H48F5N13O4/c1-54-37-28(4-2-6-32(37)61(42(54)65)33-11-12-35(62)52-41(33)64)5-3-14-55-16-18-56(19-17-55)25-27-7-9-29(10-8-27)60-26-31(36(53-60)38(44)45)50-40(63)30-24-49-59-15-13-34(51-39(30)59)57-20-22-58(23-21-57)43(46,47)48/h2,4,6,13,15,24,26-27,29,33,38H,7-12,14,16-23,25H2,1H3,(H,50,63)(H,52,62,64). The Kier molecular flexibility index (Phi) is 12.2. The highest BCUT2D eigenvalue weighted by Gasteiger charge is 2.39. The first kappa shape index (κ1) is 44.0. The Labute approximate surface area is 369 Å². The maximum absolute atomic E-state index is 14.3. The lowest BCUT2D eigenvalue weighted by Crippen LogP contribution is -2.52. The molecule has 0 radical (unpaired) electrons. The number of imidazole rings is 1. The number of aryl methyl sites for hydroxylation is 1. The molecule has 4 fully saturated rings. The third-order valence-corrected chi connectivity index (χ3v) is 13.1. The van der Waals surface area contributed by atoms with Crippen molar-refractivity contribution >= 4 is 45.9 Å². The predicted molar refractivity (Wildman–Crippen MR) is 227 cm³/mol. The third kappa shape index (κ3) is 9.09. The second kappa shape index (κ2) is 18.0. The molecule has 1 unspecified atom stereocenters. The Morgan fingerprint density at radius 3 is 2.40 bits per heavy atom. The normalized spacial score (nSPS) is 21.8. The molecule has 7 heterocycles. The van der Waals surface area contributed by atoms with Gasteiger partial charge in [0.05, 0.1) is 41.1 Å². The van der Waals surface area contributed by atoms with Crippen molar-refractivity contribution in [2.24, 2.45) is 13.0 Å². The van der Waals surface area contributed by atoms with Gasteiger partial charge < -0.3 is 15.1 Å². The number of imide groups is 1. The number of piperidine rings is 1. The maximum atomic E-state index is 14.3. The highest BCUT2D eigenvalue weighted by molar-refractivity contribution is 6.08. The van der Waals surface area contributed by atoms with E-state index in [0.717, 1.165) is 58.4 Å². The summed E-state index contributed by atoms with van der Waals surface area (Å²) in [6.45, 7) is 4.60. The van der Waals surface area contributed by atoms with Crippen molar-refractivity contribution in [3.8, 4) is 11.8 Å². The number of carbonyl (C=O) groups excluding carboxylic acids is 3. The van der Waals surface area contributed by atoms with E-state index in [9.17, 15) is 41.1 Å². The highest BCUT2D eigenvalue weighted by Crippen LogP contribution is 2.36. The van der Waals surface area contributed by atoms with Gasteiger partial charge in [-0.2, -0.15) is 23.4 Å². The van der Waals surface area contributed by atoms with Crippen molar-refractivity contribution in [3.05, 3.63) is 70.2 Å². The van der Waals surface area contributed by atoms with Gasteiger partial charge >= 0.3 is 12.0 Å². The number of piperazine rings is 2. The summed E-state index contributed by atoms with van der Waals surface area (Å²) in [6, 6.07) is 6.18. The van der Waals surface area contributed by atoms with E-state index in [0.29, 0.717) is 39.8 Å². The Morgan fingerprint density at radius 2 is 1.69 bits per heavy atom. The second-order valence-corrected chi connectivity index (χ2v) is 17.1. The molecule has 0 bridgehead atoms. The van der Waals surface area contributed by atoms with Gasteiger partial charge in [-0.25, -0.2) is 28.0 Å². The number of hydrogen-bond acceptors (Lipinski definition) is 11. The van der Waals surface area contributed by atoms with Gasteiger partial charge in [0.2, 0.25) is 11.8 Å². The average molecular weight is 906 g/mol. The number of rotatable bonds is 9. The second-order valence-electron chi connectivity index (χ2n) is 17.1. The van der Waals surface area contributed by atoms with Crippen LogP contribution in [0.15, 0.2) is 47.7 Å². The van der Waals surface area contributed by atoms with Crippen LogP contribution in [0, 0.1) is 17.8 Å². The molecule has 17 nitrogen and oxygen atoms in total. The van der Waals surface area contributed by atoms with Crippen LogP contribution in [0.1, 0.15) is 78.6 Å². The molecule has 3 saturated heterocycles. The van der Waals surface area contributed by atoms with Gasteiger partial charge in [-0.3, -0.25) is 38.4 Å². The molecular weight excluding hydrogens is 858 g/mol. The molecule has 1 aromatic carbocycles. The molecule has 4 aromatic heterocycles. The first-order valence-corrected chi connectivity index (χ1v) is 21.8. The number of halogens is 5. The highest BCUT2D eigenvalue weighted by atomic mass is 19.4. The lowest BCUT2D eigenvalue weighted by atomic mass is 9.85. The summed E-state index contributed by atoms with van der Waals surface area (Å²) in [5, 5.41) is 13.3. The lowest BCUT2D eigenvalue weighted by molar-refractivity contribution is -0.246. The van der Waals surface area contributed by atoms with Gasteiger partial charge in [-0.15, -0.1) is 0 Å². The van der Waals surface area contributed by atoms with E-state index in [1.54, 1.807) is 30.3 Å². The largest absolute Gasteiger partial charge is 0.460 e. The number of alkyl halides is 5. The smallest absolute Gasteiger partial charge is 0.354 e. The molecule has 5 aromatic rings. The topological polar surface area (TPSA) is 163 Å². The number of para-hydroxylation sites is 1. The molecule has 2 N–H and O–H groups in total. The van der Waals surface area contributed by atoms with Gasteiger partial charge in [-0.05, 0) is 56.2 Å². The Balaban J connectivity index is 0.764. The van der Waals surface area contributed by atoms with E-state index in [-0.39, 0.29) is 73.6 Å². The quantitative estimate of drug-likeness (QED) is 0.0959. The monoisotopic (exact) mass is 905 g/mol. The van der Waals surface area contributed by atoms with E-state index < -0.39 is 36.3 Å². The summed E-state index contributed by atoms with van der Waals surface area (Å²) in [5.41, 5.74) is 1.09. The van der Waals surface area contributed by atoms with E-state index in [2.05, 4.69) is 47.5 Å². The van der Waals surface area contributed by atoms with Gasteiger partial charge in [0.15, 0.2) is 11.3 Å². The minimum absolute atomic E-state index is 0.0199. The molecule has 22 heteroatoms. The number of hydrogen-bond donors (Lipinski definition) is 2. The van der Waals surface area contributed by atoms with Crippen LogP contribution in [0.3, 0.4) is 0 Å². The van der Waals surface area contributed by atoms with Gasteiger partial charge in [-0.1, -0.05) is 17.9 Å². The van der Waals surface area contributed by atoms with Crippen molar-refractivity contribution in [1.82, 2.24) is 53.5 Å². The van der Waals surface area contributed by atoms with E-state index in [1.165, 1.54) is 30.7 Å². The first-order valence-electron chi connectivity index (χ1n) is 21.8. The molecule has 1 atom stereocenters. The van der Waals surface area contributed by atoms with Crippen LogP contribution in [0.2, 0.25) is 0 Å². The zero-order chi connectivity index (χ0) is 45.6. The summed E-state index contributed by atoms with van der Waals surface area (Å²) in [5.74, 6) is 5.79. The summed E-state index contributed by atoms with van der Waals surface area (Å²) in [6.07, 6.45) is 0.593. The molecule has 3 amide bonds. The van der Waals surface area contributed by atoms with Crippen molar-refractivity contribution < 1.29 is 36.3 Å². The molecule has 9 rings (SSSR count). The van der Waals surface area contributed by atoms with E-state index in [4.69, 9.17) is 0 Å². The van der Waals surface area contributed by atoms with Crippen LogP contribution in [0.5, 0.6) is 0 Å². The Hall–Kier alpha value is -6.18. The molecule has 65 heavy (non-hydrogen) atoms. The molecule has 1 aliphatic carbocycles. The predicted octanol–water partition coefficient (Wildman–Crippen LogP) is 3.79. The van der Waals surface area contributed by atoms with Crippen molar-refractivity contribution in [2.75, 3.05) is 75.7 Å². The van der Waals surface area contributed by atoms with E-state index in [1.807, 2.05) is 12.1 Å². The van der Waals surface area contributed by atoms with Gasteiger partial charge in [0, 0.05) is 84.8 Å². The number of aromatic nitrogens is 7. The van der Waals surface area contributed by atoms with E-state index >= 15 is 0 Å². The van der Waals surface area contributed by atoms with Crippen LogP contribution in [-0.4, -0.2) is 138 Å². The average Bonchev–Trinajstić information content (AvgIpc) is 3.98. The number of anilines is 2. The van der Waals surface area contributed by atoms with Crippen LogP contribution in [0.4, 0.5) is 33.5 Å². The van der Waals surface area contributed by atoms with Crippen molar-refractivity contribution in [1.29, 1.82) is 0 Å². The summed E-state index contributed by atoms with van der Waals surface area (Å²) >= 11 is 0. The SMILES string of the molecule is Cn1c(=O)n(C2CCC(=O)NC2=O)c2cccc(C#CCN3CCN(CC4CCC(n5cc(NC(=O)c6cnn7ccc(N8CCN(C(F)(F)F)CC8)nc67)c(C(F)F)n5)CC4)CC3)c21. The summed E-state index contributed by atoms with van der Waals surface area (Å²) in [7, 11) is 1.66. The number of fused-ring (bicyclic) bond motifs is 2. The fourth-order valence-corrected chi connectivity index (χ4v) is 9.53. The Morgan fingerprint density at radius 1 is 0.954 bits per heavy atom. The Bertz CT molecular complexity index is 2730. The van der Waals surface area contributed by atoms with Crippen molar-refractivity contribution in [2.45, 2.75) is 63.3 Å². The summed E-state index contributed by atoms with van der Waals surface area (Å²) in [4.78, 5) is 62.5. The molecule has 1 saturated carbocycles. The van der Waals surface area contributed by atoms with Gasteiger partial charge in [0.25, 0.3) is 12.3 Å². The molecular formula is C43H48F5N13O4. The van der Waals surface area contributed by atoms with Gasteiger partial charge in [0.1, 0.15) is 17.4 Å². The lowest BCUT2D eigenvalue weighted by Gasteiger charge is -2.37. The van der Waals surface area contributed by atoms with Crippen LogP contribution in [-0.2, 0) is 16.6 Å². The third-order valence-electron chi connectivity index (χ3n) is 13.1. The van der Waals surface area contributed by atoms with Crippen LogP contribution >= 0.6 is 0 Å². The minimum Gasteiger partial charge on any atom is -0.354 e. The number of amides is 3. The first-order chi connectivity index (χ1) is 31.2. The van der Waals surface area contributed by atoms with Crippen LogP contribution in [0.25, 0.3) is 16.7 Å². The molecule has 3 aliphatic heterocycles. The fourth-order valence-electron chi connectivity index (χ4n) is 9.53. The summed E-state index contributed by atoms with van der Waals surface area (Å²) < 4.78 is 73.9. The fraction of sp³-hybridized carbons (Fsp3) is 0.512. The maximum Gasteiger partial charge on any atom is 0.460 e. The molecule has 0 spiro atoms. The molecule has 344 valence electrons. The number of carbonyl (C=O) groups is 3. The van der Waals surface area contributed by atoms with Crippen LogP contribution < -0.4 is 21.2 Å². The minimum atomic E-state index is -4.42. The van der Waals surface area contributed by atoms with Crippen molar-refractivity contribution in [3.63, 3.8) is 0 Å². The number of nitrogens with zero attached hydrogens (tertiary/aromatic N) is 11. The number of nitrogens with one attached hydrogen (secondary N) is 2. The zero-order valence-corrected chi connectivity index (χ0v) is 35.6. The molecule has 4 aliphatic rings. The number of benzene rings is 1.